The SMILES string of the molecule is CCCCCCCc1[nH]c2cc(OC)cc(OC)c2c1NC(C)(C)C. The molecular weight excluding hydrogens is 312 g/mol. The van der Waals surface area contributed by atoms with Gasteiger partial charge in [0, 0.05) is 23.4 Å². The lowest BCUT2D eigenvalue weighted by molar-refractivity contribution is 0.398. The number of rotatable bonds is 9. The topological polar surface area (TPSA) is 46.3 Å². The highest BCUT2D eigenvalue weighted by Gasteiger charge is 2.20. The zero-order valence-electron chi connectivity index (χ0n) is 16.7. The molecule has 0 aliphatic carbocycles. The second-order valence-corrected chi connectivity index (χ2v) is 7.77. The molecule has 1 heterocycles. The smallest absolute Gasteiger partial charge is 0.134 e. The summed E-state index contributed by atoms with van der Waals surface area (Å²) in [6.45, 7) is 8.81. The minimum Gasteiger partial charge on any atom is -0.497 e. The van der Waals surface area contributed by atoms with Crippen LogP contribution in [0.5, 0.6) is 11.5 Å². The third kappa shape index (κ3) is 5.07. The fourth-order valence-electron chi connectivity index (χ4n) is 3.21. The molecule has 0 aliphatic heterocycles. The van der Waals surface area contributed by atoms with Crippen molar-refractivity contribution < 1.29 is 9.47 Å². The number of aromatic amines is 1. The molecule has 0 amide bonds. The van der Waals surface area contributed by atoms with Gasteiger partial charge in [-0.05, 0) is 33.6 Å². The van der Waals surface area contributed by atoms with Gasteiger partial charge in [0.1, 0.15) is 11.5 Å². The van der Waals surface area contributed by atoms with Gasteiger partial charge in [0.15, 0.2) is 0 Å². The minimum absolute atomic E-state index is 0.0168. The number of benzene rings is 1. The molecule has 0 spiro atoms. The number of nitrogens with one attached hydrogen (secondary N) is 2. The van der Waals surface area contributed by atoms with E-state index in [2.05, 4.69) is 38.0 Å². The van der Waals surface area contributed by atoms with E-state index < -0.39 is 0 Å². The fourth-order valence-corrected chi connectivity index (χ4v) is 3.21. The van der Waals surface area contributed by atoms with Crippen molar-refractivity contribution in [2.75, 3.05) is 19.5 Å². The number of aromatic nitrogens is 1. The highest BCUT2D eigenvalue weighted by atomic mass is 16.5. The monoisotopic (exact) mass is 346 g/mol. The quantitative estimate of drug-likeness (QED) is 0.555. The number of anilines is 1. The van der Waals surface area contributed by atoms with Crippen molar-refractivity contribution >= 4 is 16.6 Å². The normalized spacial score (nSPS) is 11.8. The molecule has 0 radical (unpaired) electrons. The second kappa shape index (κ2) is 8.50. The summed E-state index contributed by atoms with van der Waals surface area (Å²) in [6, 6.07) is 4.00. The summed E-state index contributed by atoms with van der Waals surface area (Å²) in [5, 5.41) is 4.80. The third-order valence-electron chi connectivity index (χ3n) is 4.40. The van der Waals surface area contributed by atoms with Crippen LogP contribution in [-0.2, 0) is 6.42 Å². The number of methoxy groups -OCH3 is 2. The van der Waals surface area contributed by atoms with Crippen LogP contribution in [0.25, 0.3) is 10.9 Å². The number of fused-ring (bicyclic) bond motifs is 1. The van der Waals surface area contributed by atoms with Crippen LogP contribution in [0.2, 0.25) is 0 Å². The van der Waals surface area contributed by atoms with Crippen LogP contribution < -0.4 is 14.8 Å². The first kappa shape index (κ1) is 19.5. The maximum Gasteiger partial charge on any atom is 0.134 e. The van der Waals surface area contributed by atoms with Crippen LogP contribution in [0.1, 0.15) is 65.5 Å². The van der Waals surface area contributed by atoms with Gasteiger partial charge in [0.25, 0.3) is 0 Å². The summed E-state index contributed by atoms with van der Waals surface area (Å²) < 4.78 is 11.1. The van der Waals surface area contributed by atoms with Gasteiger partial charge in [0.2, 0.25) is 0 Å². The number of unbranched alkanes of at least 4 members (excludes halogenated alkanes) is 4. The Labute approximate surface area is 152 Å². The van der Waals surface area contributed by atoms with Gasteiger partial charge in [-0.1, -0.05) is 32.6 Å². The molecule has 2 aromatic rings. The molecule has 0 fully saturated rings. The molecule has 0 saturated heterocycles. The Balaban J connectivity index is 2.39. The predicted octanol–water partition coefficient (Wildman–Crippen LogP) is 5.91. The predicted molar refractivity (Wildman–Crippen MR) is 107 cm³/mol. The second-order valence-electron chi connectivity index (χ2n) is 7.77. The Morgan fingerprint density at radius 1 is 1.00 bits per heavy atom. The van der Waals surface area contributed by atoms with Crippen molar-refractivity contribution in [3.8, 4) is 11.5 Å². The summed E-state index contributed by atoms with van der Waals surface area (Å²) in [5.74, 6) is 1.65. The molecular formula is C21H34N2O2. The van der Waals surface area contributed by atoms with E-state index in [1.54, 1.807) is 14.2 Å². The largest absolute Gasteiger partial charge is 0.497 e. The van der Waals surface area contributed by atoms with E-state index in [0.29, 0.717) is 0 Å². The first-order valence-corrected chi connectivity index (χ1v) is 9.44. The van der Waals surface area contributed by atoms with Crippen molar-refractivity contribution in [3.05, 3.63) is 17.8 Å². The fraction of sp³-hybridized carbons (Fsp3) is 0.619. The maximum atomic E-state index is 5.66. The minimum atomic E-state index is -0.0168. The van der Waals surface area contributed by atoms with Crippen LogP contribution in [0, 0.1) is 0 Å². The van der Waals surface area contributed by atoms with Gasteiger partial charge in [-0.25, -0.2) is 0 Å². The van der Waals surface area contributed by atoms with Gasteiger partial charge in [-0.3, -0.25) is 0 Å². The third-order valence-corrected chi connectivity index (χ3v) is 4.40. The summed E-state index contributed by atoms with van der Waals surface area (Å²) in [4.78, 5) is 3.60. The molecule has 0 atom stereocenters. The summed E-state index contributed by atoms with van der Waals surface area (Å²) in [7, 11) is 3.40. The molecule has 0 aliphatic rings. The van der Waals surface area contributed by atoms with E-state index in [9.17, 15) is 0 Å². The van der Waals surface area contributed by atoms with Gasteiger partial charge in [0.05, 0.1) is 30.8 Å². The van der Waals surface area contributed by atoms with Crippen molar-refractivity contribution in [1.29, 1.82) is 0 Å². The average Bonchev–Trinajstić information content (AvgIpc) is 2.89. The van der Waals surface area contributed by atoms with Crippen molar-refractivity contribution in [1.82, 2.24) is 4.98 Å². The Morgan fingerprint density at radius 3 is 2.32 bits per heavy atom. The van der Waals surface area contributed by atoms with Gasteiger partial charge in [-0.15, -0.1) is 0 Å². The molecule has 0 bridgehead atoms. The van der Waals surface area contributed by atoms with E-state index in [1.165, 1.54) is 37.8 Å². The Hall–Kier alpha value is -1.84. The molecule has 0 saturated carbocycles. The maximum absolute atomic E-state index is 5.66. The van der Waals surface area contributed by atoms with Gasteiger partial charge < -0.3 is 19.8 Å². The van der Waals surface area contributed by atoms with Crippen molar-refractivity contribution in [2.24, 2.45) is 0 Å². The zero-order valence-corrected chi connectivity index (χ0v) is 16.7. The van der Waals surface area contributed by atoms with Crippen molar-refractivity contribution in [3.63, 3.8) is 0 Å². The lowest BCUT2D eigenvalue weighted by Crippen LogP contribution is -2.26. The van der Waals surface area contributed by atoms with E-state index in [1.807, 2.05) is 12.1 Å². The summed E-state index contributed by atoms with van der Waals surface area (Å²) >= 11 is 0. The van der Waals surface area contributed by atoms with Crippen molar-refractivity contribution in [2.45, 2.75) is 71.8 Å². The molecule has 140 valence electrons. The number of hydrogen-bond acceptors (Lipinski definition) is 3. The molecule has 1 aromatic heterocycles. The van der Waals surface area contributed by atoms with Gasteiger partial charge >= 0.3 is 0 Å². The van der Waals surface area contributed by atoms with Crippen LogP contribution in [0.4, 0.5) is 5.69 Å². The lowest BCUT2D eigenvalue weighted by Gasteiger charge is -2.23. The molecule has 0 unspecified atom stereocenters. The zero-order chi connectivity index (χ0) is 18.4. The molecule has 4 heteroatoms. The summed E-state index contributed by atoms with van der Waals surface area (Å²) in [5.41, 5.74) is 3.47. The Bertz CT molecular complexity index is 683. The lowest BCUT2D eigenvalue weighted by atomic mass is 10.0. The molecule has 2 rings (SSSR count). The van der Waals surface area contributed by atoms with E-state index in [-0.39, 0.29) is 5.54 Å². The van der Waals surface area contributed by atoms with E-state index in [0.717, 1.165) is 34.5 Å². The van der Waals surface area contributed by atoms with E-state index in [4.69, 9.17) is 9.47 Å². The van der Waals surface area contributed by atoms with Crippen LogP contribution in [-0.4, -0.2) is 24.7 Å². The molecule has 2 N–H and O–H groups in total. The van der Waals surface area contributed by atoms with Gasteiger partial charge in [-0.2, -0.15) is 0 Å². The number of hydrogen-bond donors (Lipinski definition) is 2. The number of H-pyrrole nitrogens is 1. The van der Waals surface area contributed by atoms with E-state index >= 15 is 0 Å². The standard InChI is InChI=1S/C21H34N2O2/c1-7-8-9-10-11-12-16-20(23-21(2,3)4)19-17(22-16)13-15(24-5)14-18(19)25-6/h13-14,22-23H,7-12H2,1-6H3. The Morgan fingerprint density at radius 2 is 1.72 bits per heavy atom. The Kier molecular flexibility index (Phi) is 6.63. The molecule has 4 nitrogen and oxygen atoms in total. The molecule has 25 heavy (non-hydrogen) atoms. The highest BCUT2D eigenvalue weighted by molar-refractivity contribution is 6.00. The van der Waals surface area contributed by atoms with Crippen LogP contribution in [0.15, 0.2) is 12.1 Å². The first-order valence-electron chi connectivity index (χ1n) is 9.44. The highest BCUT2D eigenvalue weighted by Crippen LogP contribution is 2.40. The number of aryl methyl sites for hydroxylation is 1. The van der Waals surface area contributed by atoms with Crippen LogP contribution in [0.3, 0.4) is 0 Å². The first-order chi connectivity index (χ1) is 11.9. The van der Waals surface area contributed by atoms with Crippen LogP contribution >= 0.6 is 0 Å². The average molecular weight is 347 g/mol. The molecule has 1 aromatic carbocycles. The number of ether oxygens (including phenoxy) is 2. The summed E-state index contributed by atoms with van der Waals surface area (Å²) in [6.07, 6.45) is 7.44.